The van der Waals surface area contributed by atoms with E-state index in [1.54, 1.807) is 30.1 Å². The van der Waals surface area contributed by atoms with Gasteiger partial charge >= 0.3 is 0 Å². The van der Waals surface area contributed by atoms with Crippen molar-refractivity contribution in [2.45, 2.75) is 6.10 Å². The number of aliphatic hydroxyl groups is 1. The van der Waals surface area contributed by atoms with Crippen LogP contribution in [0.5, 0.6) is 0 Å². The maximum Gasteiger partial charge on any atom is 0.169 e. The molecule has 0 aliphatic carbocycles. The van der Waals surface area contributed by atoms with Gasteiger partial charge in [0.15, 0.2) is 4.67 Å². The largest absolute Gasteiger partial charge is 0.457 e. The summed E-state index contributed by atoms with van der Waals surface area (Å²) < 4.78 is 7.29. The van der Waals surface area contributed by atoms with Gasteiger partial charge in [0.05, 0.1) is 12.0 Å². The average molecular weight is 257 g/mol. The summed E-state index contributed by atoms with van der Waals surface area (Å²) in [5.41, 5.74) is 1.44. The zero-order valence-corrected chi connectivity index (χ0v) is 9.10. The molecule has 1 atom stereocenters. The minimum absolute atomic E-state index is 0.605. The molecule has 0 amide bonds. The van der Waals surface area contributed by atoms with Crippen molar-refractivity contribution in [1.82, 2.24) is 9.78 Å². The Morgan fingerprint density at radius 1 is 1.64 bits per heavy atom. The van der Waals surface area contributed by atoms with Gasteiger partial charge in [-0.25, -0.2) is 0 Å². The number of halogens is 1. The lowest BCUT2D eigenvalue weighted by molar-refractivity contribution is 0.209. The number of aliphatic hydroxyl groups excluding tert-OH is 1. The molecule has 2 aromatic heterocycles. The Kier molecular flexibility index (Phi) is 2.43. The fraction of sp³-hybridized carbons (Fsp3) is 0.222. The zero-order valence-electron chi connectivity index (χ0n) is 7.51. The van der Waals surface area contributed by atoms with Crippen LogP contribution < -0.4 is 0 Å². The van der Waals surface area contributed by atoms with Crippen LogP contribution in [0.25, 0.3) is 0 Å². The van der Waals surface area contributed by atoms with Gasteiger partial charge in [0, 0.05) is 18.8 Å². The fourth-order valence-corrected chi connectivity index (χ4v) is 1.65. The summed E-state index contributed by atoms with van der Waals surface area (Å²) in [6.07, 6.45) is 2.47. The van der Waals surface area contributed by atoms with Crippen molar-refractivity contribution < 1.29 is 9.52 Å². The van der Waals surface area contributed by atoms with Crippen LogP contribution in [-0.4, -0.2) is 14.9 Å². The summed E-state index contributed by atoms with van der Waals surface area (Å²) in [4.78, 5) is 0. The van der Waals surface area contributed by atoms with Crippen molar-refractivity contribution in [3.8, 4) is 0 Å². The van der Waals surface area contributed by atoms with E-state index in [2.05, 4.69) is 21.0 Å². The van der Waals surface area contributed by atoms with Crippen molar-refractivity contribution >= 4 is 15.9 Å². The number of nitrogens with zero attached hydrogens (tertiary/aromatic N) is 2. The topological polar surface area (TPSA) is 51.2 Å². The van der Waals surface area contributed by atoms with Crippen LogP contribution in [0.2, 0.25) is 0 Å². The molecule has 0 saturated carbocycles. The molecule has 2 rings (SSSR count). The lowest BCUT2D eigenvalue weighted by Crippen LogP contribution is -2.05. The van der Waals surface area contributed by atoms with Crippen LogP contribution in [0.15, 0.2) is 33.7 Å². The smallest absolute Gasteiger partial charge is 0.169 e. The number of rotatable bonds is 2. The molecule has 0 aliphatic heterocycles. The minimum Gasteiger partial charge on any atom is -0.457 e. The standard InChI is InChI=1S/C9H9BrN2O2/c1-12-7(2-3-11-12)9(13)6-4-8(10)14-5-6/h2-5,9,13H,1H3. The molecular formula is C9H9BrN2O2. The summed E-state index contributed by atoms with van der Waals surface area (Å²) in [5.74, 6) is 0. The number of aryl methyl sites for hydroxylation is 1. The van der Waals surface area contributed by atoms with E-state index in [0.29, 0.717) is 10.2 Å². The van der Waals surface area contributed by atoms with Gasteiger partial charge in [0.2, 0.25) is 0 Å². The van der Waals surface area contributed by atoms with E-state index < -0.39 is 6.10 Å². The highest BCUT2D eigenvalue weighted by molar-refractivity contribution is 9.10. The summed E-state index contributed by atoms with van der Waals surface area (Å²) >= 11 is 3.18. The normalized spacial score (nSPS) is 13.1. The molecule has 74 valence electrons. The molecule has 14 heavy (non-hydrogen) atoms. The van der Waals surface area contributed by atoms with Crippen molar-refractivity contribution in [1.29, 1.82) is 0 Å². The van der Waals surface area contributed by atoms with Crippen molar-refractivity contribution in [2.24, 2.45) is 7.05 Å². The molecule has 4 nitrogen and oxygen atoms in total. The van der Waals surface area contributed by atoms with Crippen LogP contribution in [0.3, 0.4) is 0 Å². The van der Waals surface area contributed by atoms with Crippen LogP contribution >= 0.6 is 15.9 Å². The van der Waals surface area contributed by atoms with E-state index in [4.69, 9.17) is 4.42 Å². The molecular weight excluding hydrogens is 248 g/mol. The van der Waals surface area contributed by atoms with Gasteiger partial charge in [-0.3, -0.25) is 4.68 Å². The number of aromatic nitrogens is 2. The van der Waals surface area contributed by atoms with E-state index in [0.717, 1.165) is 5.69 Å². The summed E-state index contributed by atoms with van der Waals surface area (Å²) in [6, 6.07) is 3.50. The molecule has 5 heteroatoms. The first-order valence-corrected chi connectivity index (χ1v) is 4.87. The second kappa shape index (κ2) is 3.59. The van der Waals surface area contributed by atoms with E-state index in [1.807, 2.05) is 0 Å². The SMILES string of the molecule is Cn1nccc1C(O)c1coc(Br)c1. The van der Waals surface area contributed by atoms with Crippen LogP contribution in [0.1, 0.15) is 17.4 Å². The van der Waals surface area contributed by atoms with Crippen molar-refractivity contribution in [2.75, 3.05) is 0 Å². The Bertz CT molecular complexity index is 435. The van der Waals surface area contributed by atoms with Crippen molar-refractivity contribution in [3.63, 3.8) is 0 Å². The first kappa shape index (κ1) is 9.48. The van der Waals surface area contributed by atoms with Gasteiger partial charge in [-0.05, 0) is 28.1 Å². The molecule has 0 aromatic carbocycles. The van der Waals surface area contributed by atoms with E-state index in [9.17, 15) is 5.11 Å². The third-order valence-electron chi connectivity index (χ3n) is 2.04. The Hall–Kier alpha value is -1.07. The summed E-state index contributed by atoms with van der Waals surface area (Å²) in [5, 5.41) is 13.9. The van der Waals surface area contributed by atoms with Gasteiger partial charge in [-0.1, -0.05) is 0 Å². The molecule has 2 heterocycles. The highest BCUT2D eigenvalue weighted by Crippen LogP contribution is 2.25. The van der Waals surface area contributed by atoms with E-state index in [-0.39, 0.29) is 0 Å². The molecule has 0 radical (unpaired) electrons. The first-order valence-electron chi connectivity index (χ1n) is 4.08. The van der Waals surface area contributed by atoms with Crippen molar-refractivity contribution in [3.05, 3.63) is 40.5 Å². The predicted molar refractivity (Wildman–Crippen MR) is 53.7 cm³/mol. The van der Waals surface area contributed by atoms with Gasteiger partial charge in [0.1, 0.15) is 6.10 Å². The second-order valence-corrected chi connectivity index (χ2v) is 3.75. The fourth-order valence-electron chi connectivity index (χ4n) is 1.29. The molecule has 0 saturated heterocycles. The zero-order chi connectivity index (χ0) is 10.1. The molecule has 1 N–H and O–H groups in total. The Balaban J connectivity index is 2.33. The number of furan rings is 1. The lowest BCUT2D eigenvalue weighted by Gasteiger charge is -2.07. The maximum absolute atomic E-state index is 9.93. The van der Waals surface area contributed by atoms with Gasteiger partial charge in [-0.15, -0.1) is 0 Å². The molecule has 0 bridgehead atoms. The monoisotopic (exact) mass is 256 g/mol. The molecule has 0 fully saturated rings. The van der Waals surface area contributed by atoms with Gasteiger partial charge < -0.3 is 9.52 Å². The highest BCUT2D eigenvalue weighted by atomic mass is 79.9. The van der Waals surface area contributed by atoms with E-state index in [1.165, 1.54) is 6.26 Å². The molecule has 0 aliphatic rings. The Morgan fingerprint density at radius 3 is 2.93 bits per heavy atom. The van der Waals surface area contributed by atoms with Crippen LogP contribution in [0.4, 0.5) is 0 Å². The molecule has 2 aromatic rings. The van der Waals surface area contributed by atoms with Crippen LogP contribution in [-0.2, 0) is 7.05 Å². The van der Waals surface area contributed by atoms with Gasteiger partial charge in [0.25, 0.3) is 0 Å². The molecule has 0 spiro atoms. The minimum atomic E-state index is -0.697. The lowest BCUT2D eigenvalue weighted by atomic mass is 10.1. The number of hydrogen-bond acceptors (Lipinski definition) is 3. The third kappa shape index (κ3) is 1.60. The molecule has 1 unspecified atom stereocenters. The second-order valence-electron chi connectivity index (χ2n) is 2.97. The highest BCUT2D eigenvalue weighted by Gasteiger charge is 2.15. The summed E-state index contributed by atoms with van der Waals surface area (Å²) in [7, 11) is 1.79. The Morgan fingerprint density at radius 2 is 2.43 bits per heavy atom. The third-order valence-corrected chi connectivity index (χ3v) is 2.46. The first-order chi connectivity index (χ1) is 6.68. The van der Waals surface area contributed by atoms with Gasteiger partial charge in [-0.2, -0.15) is 5.10 Å². The quantitative estimate of drug-likeness (QED) is 0.893. The number of hydrogen-bond donors (Lipinski definition) is 1. The summed E-state index contributed by atoms with van der Waals surface area (Å²) in [6.45, 7) is 0. The van der Waals surface area contributed by atoms with E-state index >= 15 is 0 Å². The van der Waals surface area contributed by atoms with Crippen LogP contribution in [0, 0.1) is 0 Å². The predicted octanol–water partition coefficient (Wildman–Crippen LogP) is 1.86. The Labute approximate surface area is 89.3 Å². The maximum atomic E-state index is 9.93. The average Bonchev–Trinajstić information content (AvgIpc) is 2.73.